The first kappa shape index (κ1) is 18.9. The molecule has 1 aromatic heterocycles. The zero-order chi connectivity index (χ0) is 20.1. The van der Waals surface area contributed by atoms with Gasteiger partial charge in [0.1, 0.15) is 0 Å². The quantitative estimate of drug-likeness (QED) is 0.745. The summed E-state index contributed by atoms with van der Waals surface area (Å²) < 4.78 is 0. The number of aryl methyl sites for hydroxylation is 1. The van der Waals surface area contributed by atoms with Gasteiger partial charge in [0, 0.05) is 38.3 Å². The Labute approximate surface area is 171 Å². The molecule has 1 fully saturated rings. The van der Waals surface area contributed by atoms with E-state index in [9.17, 15) is 4.79 Å². The predicted molar refractivity (Wildman–Crippen MR) is 115 cm³/mol. The van der Waals surface area contributed by atoms with Crippen LogP contribution in [0.4, 0.5) is 10.6 Å². The van der Waals surface area contributed by atoms with Gasteiger partial charge in [-0.15, -0.1) is 10.2 Å². The van der Waals surface area contributed by atoms with Crippen LogP contribution in [-0.2, 0) is 6.54 Å². The van der Waals surface area contributed by atoms with Crippen molar-refractivity contribution < 1.29 is 4.79 Å². The number of piperazine rings is 1. The minimum Gasteiger partial charge on any atom is -0.352 e. The van der Waals surface area contributed by atoms with Crippen LogP contribution < -0.4 is 10.2 Å². The lowest BCUT2D eigenvalue weighted by Gasteiger charge is -2.35. The number of hydrogen-bond donors (Lipinski definition) is 1. The van der Waals surface area contributed by atoms with Crippen molar-refractivity contribution >= 4 is 11.8 Å². The highest BCUT2D eigenvalue weighted by atomic mass is 16.2. The number of anilines is 1. The number of carbonyl (C=O) groups excluding carboxylic acids is 1. The van der Waals surface area contributed by atoms with Crippen molar-refractivity contribution in [2.45, 2.75) is 13.5 Å². The van der Waals surface area contributed by atoms with Crippen molar-refractivity contribution in [1.29, 1.82) is 0 Å². The van der Waals surface area contributed by atoms with Gasteiger partial charge >= 0.3 is 6.03 Å². The van der Waals surface area contributed by atoms with Gasteiger partial charge in [-0.3, -0.25) is 0 Å². The maximum atomic E-state index is 12.4. The molecule has 0 atom stereocenters. The summed E-state index contributed by atoms with van der Waals surface area (Å²) in [5.74, 6) is 0.853. The molecule has 0 aliphatic carbocycles. The van der Waals surface area contributed by atoms with E-state index in [-0.39, 0.29) is 6.03 Å². The maximum absolute atomic E-state index is 12.4. The summed E-state index contributed by atoms with van der Waals surface area (Å²) in [6, 6.07) is 22.1. The Morgan fingerprint density at radius 1 is 0.897 bits per heavy atom. The maximum Gasteiger partial charge on any atom is 0.317 e. The van der Waals surface area contributed by atoms with Gasteiger partial charge in [0.25, 0.3) is 0 Å². The Bertz CT molecular complexity index is 951. The molecule has 3 aromatic rings. The van der Waals surface area contributed by atoms with Crippen LogP contribution in [0.15, 0.2) is 66.7 Å². The minimum atomic E-state index is -0.0190. The molecule has 1 saturated heterocycles. The molecule has 1 aliphatic rings. The van der Waals surface area contributed by atoms with E-state index in [0.29, 0.717) is 19.6 Å². The first-order chi connectivity index (χ1) is 14.2. The van der Waals surface area contributed by atoms with Gasteiger partial charge in [-0.05, 0) is 30.2 Å². The van der Waals surface area contributed by atoms with Gasteiger partial charge in [0.15, 0.2) is 5.82 Å². The summed E-state index contributed by atoms with van der Waals surface area (Å²) in [6.45, 7) is 5.46. The molecule has 0 bridgehead atoms. The molecular weight excluding hydrogens is 362 g/mol. The summed E-state index contributed by atoms with van der Waals surface area (Å²) in [6.07, 6.45) is 0. The molecule has 6 heteroatoms. The zero-order valence-electron chi connectivity index (χ0n) is 16.6. The second-order valence-electron chi connectivity index (χ2n) is 7.21. The number of rotatable bonds is 4. The Balaban J connectivity index is 1.31. The van der Waals surface area contributed by atoms with Gasteiger partial charge in [-0.25, -0.2) is 4.79 Å². The van der Waals surface area contributed by atoms with Gasteiger partial charge < -0.3 is 15.1 Å². The Morgan fingerprint density at radius 3 is 2.31 bits per heavy atom. The standard InChI is InChI=1S/C23H25N5O/c1-18-7-5-6-10-20(18)21-11-12-22(26-25-21)27-13-15-28(16-14-27)23(29)24-17-19-8-3-2-4-9-19/h2-12H,13-17H2,1H3,(H,24,29). The van der Waals surface area contributed by atoms with Gasteiger partial charge in [0.05, 0.1) is 5.69 Å². The number of aromatic nitrogens is 2. The van der Waals surface area contributed by atoms with Crippen LogP contribution in [0.3, 0.4) is 0 Å². The number of hydrogen-bond acceptors (Lipinski definition) is 4. The average Bonchev–Trinajstić information content (AvgIpc) is 2.79. The molecule has 148 valence electrons. The number of nitrogens with zero attached hydrogens (tertiary/aromatic N) is 4. The smallest absolute Gasteiger partial charge is 0.317 e. The van der Waals surface area contributed by atoms with Crippen LogP contribution in [0, 0.1) is 6.92 Å². The predicted octanol–water partition coefficient (Wildman–Crippen LogP) is 3.48. The summed E-state index contributed by atoms with van der Waals surface area (Å²) in [5, 5.41) is 11.8. The van der Waals surface area contributed by atoms with Gasteiger partial charge in [-0.2, -0.15) is 0 Å². The lowest BCUT2D eigenvalue weighted by Crippen LogP contribution is -2.51. The first-order valence-electron chi connectivity index (χ1n) is 9.92. The summed E-state index contributed by atoms with van der Waals surface area (Å²) in [5.41, 5.74) is 4.27. The fraction of sp³-hybridized carbons (Fsp3) is 0.261. The summed E-state index contributed by atoms with van der Waals surface area (Å²) >= 11 is 0. The van der Waals surface area contributed by atoms with Crippen molar-refractivity contribution in [3.05, 3.63) is 77.9 Å². The Morgan fingerprint density at radius 2 is 1.62 bits per heavy atom. The first-order valence-corrected chi connectivity index (χ1v) is 9.92. The molecule has 1 aliphatic heterocycles. The normalized spacial score (nSPS) is 14.0. The SMILES string of the molecule is Cc1ccccc1-c1ccc(N2CCN(C(=O)NCc3ccccc3)CC2)nn1. The van der Waals surface area contributed by atoms with Gasteiger partial charge in [0.2, 0.25) is 0 Å². The third kappa shape index (κ3) is 4.54. The molecule has 6 nitrogen and oxygen atoms in total. The molecule has 2 amide bonds. The number of carbonyl (C=O) groups is 1. The van der Waals surface area contributed by atoms with E-state index >= 15 is 0 Å². The second-order valence-corrected chi connectivity index (χ2v) is 7.21. The zero-order valence-corrected chi connectivity index (χ0v) is 16.6. The van der Waals surface area contributed by atoms with E-state index in [1.165, 1.54) is 5.56 Å². The monoisotopic (exact) mass is 387 g/mol. The molecule has 0 unspecified atom stereocenters. The number of amides is 2. The van der Waals surface area contributed by atoms with Crippen LogP contribution in [0.1, 0.15) is 11.1 Å². The highest BCUT2D eigenvalue weighted by Gasteiger charge is 2.22. The Hall–Kier alpha value is -3.41. The molecule has 4 rings (SSSR count). The summed E-state index contributed by atoms with van der Waals surface area (Å²) in [7, 11) is 0. The summed E-state index contributed by atoms with van der Waals surface area (Å²) in [4.78, 5) is 16.4. The molecule has 0 spiro atoms. The van der Waals surface area contributed by atoms with Crippen molar-refractivity contribution in [1.82, 2.24) is 20.4 Å². The lowest BCUT2D eigenvalue weighted by molar-refractivity contribution is 0.194. The number of urea groups is 1. The van der Waals surface area contributed by atoms with E-state index in [1.54, 1.807) is 0 Å². The van der Waals surface area contributed by atoms with Crippen LogP contribution in [-0.4, -0.2) is 47.3 Å². The number of benzene rings is 2. The van der Waals surface area contributed by atoms with E-state index < -0.39 is 0 Å². The van der Waals surface area contributed by atoms with Crippen LogP contribution in [0.5, 0.6) is 0 Å². The molecular formula is C23H25N5O. The van der Waals surface area contributed by atoms with E-state index in [0.717, 1.165) is 35.7 Å². The third-order valence-corrected chi connectivity index (χ3v) is 5.25. The number of nitrogens with one attached hydrogen (secondary N) is 1. The van der Waals surface area contributed by atoms with Crippen LogP contribution in [0.25, 0.3) is 11.3 Å². The topological polar surface area (TPSA) is 61.4 Å². The van der Waals surface area contributed by atoms with E-state index in [2.05, 4.69) is 39.5 Å². The van der Waals surface area contributed by atoms with Gasteiger partial charge in [-0.1, -0.05) is 54.6 Å². The highest BCUT2D eigenvalue weighted by Crippen LogP contribution is 2.22. The fourth-order valence-corrected chi connectivity index (χ4v) is 3.52. The molecule has 0 saturated carbocycles. The van der Waals surface area contributed by atoms with Crippen molar-refractivity contribution in [2.75, 3.05) is 31.1 Å². The fourth-order valence-electron chi connectivity index (χ4n) is 3.52. The largest absolute Gasteiger partial charge is 0.352 e. The van der Waals surface area contributed by atoms with Crippen molar-refractivity contribution in [3.63, 3.8) is 0 Å². The average molecular weight is 387 g/mol. The minimum absolute atomic E-state index is 0.0190. The molecule has 29 heavy (non-hydrogen) atoms. The lowest BCUT2D eigenvalue weighted by atomic mass is 10.1. The highest BCUT2D eigenvalue weighted by molar-refractivity contribution is 5.74. The van der Waals surface area contributed by atoms with E-state index in [4.69, 9.17) is 0 Å². The van der Waals surface area contributed by atoms with Crippen LogP contribution >= 0.6 is 0 Å². The Kier molecular flexibility index (Phi) is 5.70. The molecule has 2 aromatic carbocycles. The van der Waals surface area contributed by atoms with Crippen molar-refractivity contribution in [3.8, 4) is 11.3 Å². The van der Waals surface area contributed by atoms with Crippen molar-refractivity contribution in [2.24, 2.45) is 0 Å². The molecule has 0 radical (unpaired) electrons. The van der Waals surface area contributed by atoms with E-state index in [1.807, 2.05) is 59.5 Å². The molecule has 2 heterocycles. The second kappa shape index (κ2) is 8.73. The third-order valence-electron chi connectivity index (χ3n) is 5.25. The van der Waals surface area contributed by atoms with Crippen LogP contribution in [0.2, 0.25) is 0 Å². The molecule has 1 N–H and O–H groups in total.